The van der Waals surface area contributed by atoms with E-state index in [1.54, 1.807) is 36.4 Å². The highest BCUT2D eigenvalue weighted by Crippen LogP contribution is 2.29. The predicted octanol–water partition coefficient (Wildman–Crippen LogP) is 4.15. The molecule has 0 spiro atoms. The normalized spacial score (nSPS) is 13.6. The molecule has 2 amide bonds. The third-order valence-electron chi connectivity index (χ3n) is 3.67. The van der Waals surface area contributed by atoms with Gasteiger partial charge in [0.2, 0.25) is 0 Å². The van der Waals surface area contributed by atoms with E-state index in [0.29, 0.717) is 23.0 Å². The lowest BCUT2D eigenvalue weighted by atomic mass is 10.1. The summed E-state index contributed by atoms with van der Waals surface area (Å²) >= 11 is 0.335. The summed E-state index contributed by atoms with van der Waals surface area (Å²) in [6, 6.07) is 12.9. The quantitative estimate of drug-likeness (QED) is 0.759. The van der Waals surface area contributed by atoms with E-state index in [1.807, 2.05) is 0 Å². The maximum atomic E-state index is 12.6. The summed E-state index contributed by atoms with van der Waals surface area (Å²) in [5.74, 6) is -3.21. The number of carbonyl (C=O) groups is 2. The zero-order valence-electron chi connectivity index (χ0n) is 13.2. The van der Waals surface area contributed by atoms with Gasteiger partial charge in [0.15, 0.2) is 0 Å². The molecule has 7 heteroatoms. The van der Waals surface area contributed by atoms with Gasteiger partial charge in [-0.05, 0) is 49.2 Å². The molecule has 0 aromatic heterocycles. The van der Waals surface area contributed by atoms with Gasteiger partial charge in [0.1, 0.15) is 0 Å². The second-order valence-electron chi connectivity index (χ2n) is 5.65. The first-order valence-electron chi connectivity index (χ1n) is 7.79. The van der Waals surface area contributed by atoms with Gasteiger partial charge in [-0.25, -0.2) is 0 Å². The first kappa shape index (κ1) is 17.4. The average Bonchev–Trinajstić information content (AvgIpc) is 3.39. The predicted molar refractivity (Wildman–Crippen MR) is 93.2 cm³/mol. The topological polar surface area (TPSA) is 58.2 Å². The van der Waals surface area contributed by atoms with Crippen LogP contribution in [0.2, 0.25) is 0 Å². The lowest BCUT2D eigenvalue weighted by Gasteiger charge is -2.10. The molecule has 0 bridgehead atoms. The number of alkyl halides is 2. The van der Waals surface area contributed by atoms with Crippen LogP contribution in [0.5, 0.6) is 0 Å². The fraction of sp³-hybridized carbons (Fsp3) is 0.222. The zero-order chi connectivity index (χ0) is 17.8. The molecule has 1 fully saturated rings. The number of halogens is 2. The Balaban J connectivity index is 1.67. The van der Waals surface area contributed by atoms with Crippen LogP contribution >= 0.6 is 11.8 Å². The van der Waals surface area contributed by atoms with Crippen LogP contribution < -0.4 is 10.6 Å². The number of hydrogen-bond donors (Lipinski definition) is 2. The fourth-order valence-corrected chi connectivity index (χ4v) is 2.89. The Kier molecular flexibility index (Phi) is 5.33. The number of amides is 2. The molecule has 0 radical (unpaired) electrons. The number of anilines is 1. The van der Waals surface area contributed by atoms with E-state index < -0.39 is 11.7 Å². The number of thioether (sulfide) groups is 1. The van der Waals surface area contributed by atoms with Gasteiger partial charge < -0.3 is 10.6 Å². The van der Waals surface area contributed by atoms with Crippen LogP contribution in [0, 0.1) is 0 Å². The monoisotopic (exact) mass is 362 g/mol. The first-order valence-corrected chi connectivity index (χ1v) is 8.67. The maximum absolute atomic E-state index is 12.6. The van der Waals surface area contributed by atoms with Crippen LogP contribution in [-0.2, 0) is 0 Å². The molecule has 25 heavy (non-hydrogen) atoms. The third-order valence-corrected chi connectivity index (χ3v) is 4.45. The zero-order valence-corrected chi connectivity index (χ0v) is 14.0. The molecule has 2 N–H and O–H groups in total. The standard InChI is InChI=1S/C18H16F2N2O2S/c19-18(20)25-15-4-2-1-3-14(15)17(24)22-12-7-5-11(6-8-12)16(23)21-13-9-10-13/h1-8,13,18H,9-10H2,(H,21,23)(H,22,24). The van der Waals surface area contributed by atoms with Crippen LogP contribution in [0.25, 0.3) is 0 Å². The largest absolute Gasteiger partial charge is 0.349 e. The highest BCUT2D eigenvalue weighted by molar-refractivity contribution is 7.99. The van der Waals surface area contributed by atoms with Crippen LogP contribution in [0.1, 0.15) is 33.6 Å². The van der Waals surface area contributed by atoms with Crippen molar-refractivity contribution in [2.24, 2.45) is 0 Å². The fourth-order valence-electron chi connectivity index (χ4n) is 2.25. The second kappa shape index (κ2) is 7.65. The van der Waals surface area contributed by atoms with Gasteiger partial charge in [-0.2, -0.15) is 8.78 Å². The van der Waals surface area contributed by atoms with Crippen molar-refractivity contribution in [3.8, 4) is 0 Å². The Hall–Kier alpha value is -2.41. The van der Waals surface area contributed by atoms with E-state index in [2.05, 4.69) is 10.6 Å². The number of nitrogens with one attached hydrogen (secondary N) is 2. The molecule has 1 saturated carbocycles. The molecule has 4 nitrogen and oxygen atoms in total. The Morgan fingerprint density at radius 1 is 1.00 bits per heavy atom. The minimum absolute atomic E-state index is 0.140. The van der Waals surface area contributed by atoms with Crippen LogP contribution in [0.15, 0.2) is 53.4 Å². The van der Waals surface area contributed by atoms with Crippen molar-refractivity contribution in [2.75, 3.05) is 5.32 Å². The molecule has 2 aromatic carbocycles. The van der Waals surface area contributed by atoms with Crippen molar-refractivity contribution in [2.45, 2.75) is 29.5 Å². The molecule has 0 saturated heterocycles. The average molecular weight is 362 g/mol. The minimum atomic E-state index is -2.60. The summed E-state index contributed by atoms with van der Waals surface area (Å²) in [6.45, 7) is 0. The summed E-state index contributed by atoms with van der Waals surface area (Å²) in [5, 5.41) is 5.54. The lowest BCUT2D eigenvalue weighted by molar-refractivity contribution is 0.0950. The molecule has 3 rings (SSSR count). The maximum Gasteiger partial charge on any atom is 0.288 e. The van der Waals surface area contributed by atoms with E-state index in [1.165, 1.54) is 12.1 Å². The lowest BCUT2D eigenvalue weighted by Crippen LogP contribution is -2.25. The van der Waals surface area contributed by atoms with Gasteiger partial charge in [0, 0.05) is 22.2 Å². The van der Waals surface area contributed by atoms with Gasteiger partial charge in [0.05, 0.1) is 5.56 Å². The Morgan fingerprint density at radius 2 is 1.68 bits per heavy atom. The van der Waals surface area contributed by atoms with E-state index in [9.17, 15) is 18.4 Å². The Bertz CT molecular complexity index is 777. The second-order valence-corrected chi connectivity index (χ2v) is 6.69. The number of carbonyl (C=O) groups excluding carboxylic acids is 2. The van der Waals surface area contributed by atoms with Crippen molar-refractivity contribution in [1.29, 1.82) is 0 Å². The Labute approximate surface area is 148 Å². The van der Waals surface area contributed by atoms with Crippen molar-refractivity contribution < 1.29 is 18.4 Å². The summed E-state index contributed by atoms with van der Waals surface area (Å²) in [5.41, 5.74) is 1.19. The van der Waals surface area contributed by atoms with Crippen molar-refractivity contribution in [3.05, 3.63) is 59.7 Å². The molecule has 0 atom stereocenters. The molecule has 1 aliphatic rings. The van der Waals surface area contributed by atoms with Crippen molar-refractivity contribution in [1.82, 2.24) is 5.32 Å². The summed E-state index contributed by atoms with van der Waals surface area (Å²) in [4.78, 5) is 24.5. The van der Waals surface area contributed by atoms with E-state index >= 15 is 0 Å². The SMILES string of the molecule is O=C(NC1CC1)c1ccc(NC(=O)c2ccccc2SC(F)F)cc1. The first-order chi connectivity index (χ1) is 12.0. The van der Waals surface area contributed by atoms with E-state index in [-0.39, 0.29) is 22.4 Å². The number of rotatable bonds is 6. The van der Waals surface area contributed by atoms with E-state index in [0.717, 1.165) is 12.8 Å². The van der Waals surface area contributed by atoms with Crippen LogP contribution in [-0.4, -0.2) is 23.6 Å². The molecule has 0 aliphatic heterocycles. The third kappa shape index (κ3) is 4.79. The van der Waals surface area contributed by atoms with Crippen molar-refractivity contribution in [3.63, 3.8) is 0 Å². The van der Waals surface area contributed by atoms with Gasteiger partial charge in [0.25, 0.3) is 17.6 Å². The van der Waals surface area contributed by atoms with E-state index in [4.69, 9.17) is 0 Å². The molecule has 130 valence electrons. The van der Waals surface area contributed by atoms with Gasteiger partial charge in [-0.3, -0.25) is 9.59 Å². The highest BCUT2D eigenvalue weighted by Gasteiger charge is 2.23. The summed E-state index contributed by atoms with van der Waals surface area (Å²) < 4.78 is 25.2. The van der Waals surface area contributed by atoms with Crippen molar-refractivity contribution >= 4 is 29.3 Å². The number of benzene rings is 2. The Morgan fingerprint density at radius 3 is 2.32 bits per heavy atom. The van der Waals surface area contributed by atoms with Gasteiger partial charge in [-0.1, -0.05) is 23.9 Å². The molecular formula is C18H16F2N2O2S. The van der Waals surface area contributed by atoms with Gasteiger partial charge >= 0.3 is 0 Å². The minimum Gasteiger partial charge on any atom is -0.349 e. The number of hydrogen-bond acceptors (Lipinski definition) is 3. The molecule has 0 heterocycles. The smallest absolute Gasteiger partial charge is 0.288 e. The summed E-state index contributed by atoms with van der Waals surface area (Å²) in [6.07, 6.45) is 2.02. The molecule has 2 aromatic rings. The van der Waals surface area contributed by atoms with Crippen LogP contribution in [0.4, 0.5) is 14.5 Å². The molecule has 0 unspecified atom stereocenters. The molecule has 1 aliphatic carbocycles. The molecular weight excluding hydrogens is 346 g/mol. The highest BCUT2D eigenvalue weighted by atomic mass is 32.2. The van der Waals surface area contributed by atoms with Crippen LogP contribution in [0.3, 0.4) is 0 Å². The van der Waals surface area contributed by atoms with Gasteiger partial charge in [-0.15, -0.1) is 0 Å². The summed E-state index contributed by atoms with van der Waals surface area (Å²) in [7, 11) is 0.